The van der Waals surface area contributed by atoms with Crippen LogP contribution in [-0.4, -0.2) is 26.9 Å². The van der Waals surface area contributed by atoms with Gasteiger partial charge in [0.25, 0.3) is 0 Å². The third kappa shape index (κ3) is 5.40. The average molecular weight is 343 g/mol. The van der Waals surface area contributed by atoms with E-state index in [9.17, 15) is 0 Å². The molecule has 0 saturated heterocycles. The Labute approximate surface area is 150 Å². The lowest BCUT2D eigenvalue weighted by molar-refractivity contribution is 0.211. The van der Waals surface area contributed by atoms with E-state index < -0.39 is 0 Å². The van der Waals surface area contributed by atoms with Crippen molar-refractivity contribution in [2.24, 2.45) is 5.73 Å². The van der Waals surface area contributed by atoms with Crippen LogP contribution in [0.2, 0.25) is 0 Å². The van der Waals surface area contributed by atoms with Crippen molar-refractivity contribution in [3.8, 4) is 17.2 Å². The highest BCUT2D eigenvalue weighted by atomic mass is 16.5. The second kappa shape index (κ2) is 9.33. The van der Waals surface area contributed by atoms with Gasteiger partial charge in [0.2, 0.25) is 0 Å². The van der Waals surface area contributed by atoms with Gasteiger partial charge in [-0.05, 0) is 66.8 Å². The molecule has 0 aliphatic carbocycles. The Hall–Kier alpha value is -2.20. The van der Waals surface area contributed by atoms with Crippen molar-refractivity contribution in [3.63, 3.8) is 0 Å². The lowest BCUT2D eigenvalue weighted by Gasteiger charge is -2.14. The molecule has 0 heterocycles. The maximum Gasteiger partial charge on any atom is 0.161 e. The Morgan fingerprint density at radius 3 is 2.36 bits per heavy atom. The van der Waals surface area contributed by atoms with Gasteiger partial charge >= 0.3 is 0 Å². The zero-order chi connectivity index (χ0) is 18.2. The predicted molar refractivity (Wildman–Crippen MR) is 102 cm³/mol. The van der Waals surface area contributed by atoms with Crippen molar-refractivity contribution in [2.45, 2.75) is 33.1 Å². The molecule has 2 rings (SSSR count). The van der Waals surface area contributed by atoms with Crippen LogP contribution in [0.1, 0.15) is 36.5 Å². The number of methoxy groups -OCH3 is 1. The summed E-state index contributed by atoms with van der Waals surface area (Å²) in [7, 11) is 1.64. The molecule has 0 aliphatic heterocycles. The molecule has 0 amide bonds. The van der Waals surface area contributed by atoms with Crippen LogP contribution in [0, 0.1) is 6.92 Å². The summed E-state index contributed by atoms with van der Waals surface area (Å²) in [4.78, 5) is 0. The molecule has 0 atom stereocenters. The third-order valence-corrected chi connectivity index (χ3v) is 4.13. The number of aryl methyl sites for hydroxylation is 1. The van der Waals surface area contributed by atoms with Crippen molar-refractivity contribution in [2.75, 3.05) is 26.9 Å². The van der Waals surface area contributed by atoms with E-state index >= 15 is 0 Å². The first kappa shape index (κ1) is 19.1. The lowest BCUT2D eigenvalue weighted by Crippen LogP contribution is -2.10. The molecule has 25 heavy (non-hydrogen) atoms. The molecular weight excluding hydrogens is 314 g/mol. The second-order valence-electron chi connectivity index (χ2n) is 6.39. The van der Waals surface area contributed by atoms with Crippen LogP contribution in [0.15, 0.2) is 36.4 Å². The molecule has 2 N–H and O–H groups in total. The minimum Gasteiger partial charge on any atom is -0.493 e. The van der Waals surface area contributed by atoms with Crippen molar-refractivity contribution in [1.29, 1.82) is 0 Å². The van der Waals surface area contributed by atoms with Crippen LogP contribution in [0.5, 0.6) is 17.2 Å². The van der Waals surface area contributed by atoms with Gasteiger partial charge in [0.05, 0.1) is 7.11 Å². The van der Waals surface area contributed by atoms with Gasteiger partial charge in [-0.15, -0.1) is 0 Å². The molecule has 0 aliphatic rings. The number of nitrogens with two attached hydrogens (primary N) is 1. The Morgan fingerprint density at radius 2 is 1.72 bits per heavy atom. The van der Waals surface area contributed by atoms with Gasteiger partial charge in [0.15, 0.2) is 11.5 Å². The summed E-state index contributed by atoms with van der Waals surface area (Å²) in [5.74, 6) is 2.83. The molecule has 136 valence electrons. The molecule has 2 aromatic carbocycles. The highest BCUT2D eigenvalue weighted by Crippen LogP contribution is 2.28. The maximum atomic E-state index is 5.84. The largest absolute Gasteiger partial charge is 0.493 e. The third-order valence-electron chi connectivity index (χ3n) is 4.13. The van der Waals surface area contributed by atoms with Crippen LogP contribution in [-0.2, 0) is 6.42 Å². The molecular formula is C21H29NO3. The highest BCUT2D eigenvalue weighted by Gasteiger charge is 2.07. The molecule has 4 nitrogen and oxygen atoms in total. The molecule has 0 radical (unpaired) electrons. The average Bonchev–Trinajstić information content (AvgIpc) is 2.59. The van der Waals surface area contributed by atoms with Gasteiger partial charge < -0.3 is 19.9 Å². The predicted octanol–water partition coefficient (Wildman–Crippen LogP) is 4.09. The van der Waals surface area contributed by atoms with Crippen LogP contribution in [0.4, 0.5) is 0 Å². The van der Waals surface area contributed by atoms with Gasteiger partial charge in [-0.25, -0.2) is 0 Å². The number of benzene rings is 2. The number of ether oxygens (including phenoxy) is 3. The molecule has 2 aromatic rings. The van der Waals surface area contributed by atoms with Crippen molar-refractivity contribution >= 4 is 0 Å². The minimum atomic E-state index is 0.452. The first-order valence-electron chi connectivity index (χ1n) is 8.78. The van der Waals surface area contributed by atoms with Crippen molar-refractivity contribution < 1.29 is 14.2 Å². The zero-order valence-electron chi connectivity index (χ0n) is 15.7. The van der Waals surface area contributed by atoms with E-state index in [4.69, 9.17) is 19.9 Å². The first-order chi connectivity index (χ1) is 12.0. The smallest absolute Gasteiger partial charge is 0.161 e. The molecule has 0 spiro atoms. The van der Waals surface area contributed by atoms with E-state index in [1.807, 2.05) is 24.3 Å². The Bertz CT molecular complexity index is 683. The standard InChI is InChI=1S/C21H29NO3/c1-15(2)19-7-6-18(13-16(19)3)24-11-12-25-21-14-17(9-10-22)5-8-20(21)23-4/h5-8,13-15H,9-12,22H2,1-4H3. The fourth-order valence-electron chi connectivity index (χ4n) is 2.85. The van der Waals surface area contributed by atoms with E-state index in [2.05, 4.69) is 32.9 Å². The monoisotopic (exact) mass is 343 g/mol. The summed E-state index contributed by atoms with van der Waals surface area (Å²) in [6.07, 6.45) is 0.818. The molecule has 4 heteroatoms. The zero-order valence-corrected chi connectivity index (χ0v) is 15.7. The van der Waals surface area contributed by atoms with Crippen molar-refractivity contribution in [1.82, 2.24) is 0 Å². The Balaban J connectivity index is 1.90. The van der Waals surface area contributed by atoms with Gasteiger partial charge in [-0.1, -0.05) is 26.0 Å². The number of hydrogen-bond acceptors (Lipinski definition) is 4. The highest BCUT2D eigenvalue weighted by molar-refractivity contribution is 5.43. The Kier molecular flexibility index (Phi) is 7.14. The number of rotatable bonds is 9. The molecule has 0 bridgehead atoms. The molecule has 0 aromatic heterocycles. The Morgan fingerprint density at radius 1 is 0.960 bits per heavy atom. The first-order valence-corrected chi connectivity index (χ1v) is 8.78. The molecule has 0 fully saturated rings. The lowest BCUT2D eigenvalue weighted by atomic mass is 9.98. The van der Waals surface area contributed by atoms with Gasteiger partial charge in [0.1, 0.15) is 19.0 Å². The normalized spacial score (nSPS) is 10.8. The minimum absolute atomic E-state index is 0.452. The van der Waals surface area contributed by atoms with Gasteiger partial charge in [0, 0.05) is 0 Å². The van der Waals surface area contributed by atoms with Crippen LogP contribution >= 0.6 is 0 Å². The summed E-state index contributed by atoms with van der Waals surface area (Å²) in [6, 6.07) is 12.1. The summed E-state index contributed by atoms with van der Waals surface area (Å²) in [5.41, 5.74) is 9.36. The summed E-state index contributed by atoms with van der Waals surface area (Å²) in [6.45, 7) is 8.05. The summed E-state index contributed by atoms with van der Waals surface area (Å²) in [5, 5.41) is 0. The van der Waals surface area contributed by atoms with Gasteiger partial charge in [-0.2, -0.15) is 0 Å². The topological polar surface area (TPSA) is 53.7 Å². The van der Waals surface area contributed by atoms with Crippen molar-refractivity contribution in [3.05, 3.63) is 53.1 Å². The van der Waals surface area contributed by atoms with E-state index in [1.54, 1.807) is 7.11 Å². The van der Waals surface area contributed by atoms with E-state index in [-0.39, 0.29) is 0 Å². The molecule has 0 saturated carbocycles. The second-order valence-corrected chi connectivity index (χ2v) is 6.39. The fourth-order valence-corrected chi connectivity index (χ4v) is 2.85. The SMILES string of the molecule is COc1ccc(CCN)cc1OCCOc1ccc(C(C)C)c(C)c1. The van der Waals surface area contributed by atoms with E-state index in [0.29, 0.717) is 25.7 Å². The van der Waals surface area contributed by atoms with E-state index in [0.717, 1.165) is 29.2 Å². The maximum absolute atomic E-state index is 5.84. The van der Waals surface area contributed by atoms with Crippen LogP contribution in [0.25, 0.3) is 0 Å². The van der Waals surface area contributed by atoms with Gasteiger partial charge in [-0.3, -0.25) is 0 Å². The fraction of sp³-hybridized carbons (Fsp3) is 0.429. The van der Waals surface area contributed by atoms with Crippen LogP contribution < -0.4 is 19.9 Å². The van der Waals surface area contributed by atoms with E-state index in [1.165, 1.54) is 11.1 Å². The summed E-state index contributed by atoms with van der Waals surface area (Å²) < 4.78 is 17.0. The number of hydrogen-bond donors (Lipinski definition) is 1. The quantitative estimate of drug-likeness (QED) is 0.697. The molecule has 0 unspecified atom stereocenters. The summed E-state index contributed by atoms with van der Waals surface area (Å²) >= 11 is 0. The van der Waals surface area contributed by atoms with Crippen LogP contribution in [0.3, 0.4) is 0 Å².